The van der Waals surface area contributed by atoms with Crippen LogP contribution in [0.5, 0.6) is 0 Å². The molecule has 0 unspecified atom stereocenters. The van der Waals surface area contributed by atoms with E-state index in [9.17, 15) is 0 Å². The lowest BCUT2D eigenvalue weighted by atomic mass is 10.2. The number of hydrogen-bond donors (Lipinski definition) is 1. The molecule has 0 radical (unpaired) electrons. The number of nitrogens with two attached hydrogens (primary N) is 1. The van der Waals surface area contributed by atoms with Crippen LogP contribution in [0.1, 0.15) is 0 Å². The van der Waals surface area contributed by atoms with E-state index in [1.54, 1.807) is 6.26 Å². The molecule has 4 heteroatoms. The van der Waals surface area contributed by atoms with Gasteiger partial charge < -0.3 is 10.2 Å². The van der Waals surface area contributed by atoms with Crippen LogP contribution in [0.4, 0.5) is 5.69 Å². The molecule has 0 atom stereocenters. The van der Waals surface area contributed by atoms with Crippen LogP contribution in [0, 0.1) is 0 Å². The third-order valence-electron chi connectivity index (χ3n) is 2.80. The summed E-state index contributed by atoms with van der Waals surface area (Å²) in [5, 5.41) is 0.700. The van der Waals surface area contributed by atoms with Crippen molar-refractivity contribution < 1.29 is 4.42 Å². The second-order valence-electron chi connectivity index (χ2n) is 4.17. The molecule has 19 heavy (non-hydrogen) atoms. The van der Waals surface area contributed by atoms with E-state index in [2.05, 4.69) is 4.98 Å². The van der Waals surface area contributed by atoms with Crippen molar-refractivity contribution in [2.45, 2.75) is 0 Å². The average Bonchev–Trinajstić information content (AvgIpc) is 2.90. The fourth-order valence-electron chi connectivity index (χ4n) is 1.79. The monoisotopic (exact) mass is 270 g/mol. The van der Waals surface area contributed by atoms with E-state index in [1.165, 1.54) is 0 Å². The fraction of sp³-hybridized carbons (Fsp3) is 0. The Balaban J connectivity index is 1.95. The summed E-state index contributed by atoms with van der Waals surface area (Å²) in [6.45, 7) is 0. The second-order valence-corrected chi connectivity index (χ2v) is 4.60. The highest BCUT2D eigenvalue weighted by molar-refractivity contribution is 6.30. The molecule has 1 heterocycles. The number of oxazole rings is 1. The third kappa shape index (κ3) is 2.46. The average molecular weight is 271 g/mol. The van der Waals surface area contributed by atoms with Crippen molar-refractivity contribution in [3.8, 4) is 22.7 Å². The predicted molar refractivity (Wildman–Crippen MR) is 76.8 cm³/mol. The van der Waals surface area contributed by atoms with Crippen molar-refractivity contribution in [1.29, 1.82) is 0 Å². The van der Waals surface area contributed by atoms with Crippen molar-refractivity contribution >= 4 is 17.3 Å². The Hall–Kier alpha value is -2.26. The molecular weight excluding hydrogens is 260 g/mol. The molecule has 0 aliphatic carbocycles. The highest BCUT2D eigenvalue weighted by atomic mass is 35.5. The minimum Gasteiger partial charge on any atom is -0.444 e. The summed E-state index contributed by atoms with van der Waals surface area (Å²) in [7, 11) is 0. The van der Waals surface area contributed by atoms with Crippen LogP contribution in [0.25, 0.3) is 22.7 Å². The van der Waals surface area contributed by atoms with Gasteiger partial charge in [0.25, 0.3) is 0 Å². The van der Waals surface area contributed by atoms with Gasteiger partial charge in [0.15, 0.2) is 0 Å². The van der Waals surface area contributed by atoms with Gasteiger partial charge in [0.1, 0.15) is 12.0 Å². The molecule has 0 aliphatic rings. The molecular formula is C15H11ClN2O. The number of anilines is 1. The Morgan fingerprint density at radius 2 is 1.53 bits per heavy atom. The first-order valence-corrected chi connectivity index (χ1v) is 6.17. The normalized spacial score (nSPS) is 10.6. The van der Waals surface area contributed by atoms with Gasteiger partial charge >= 0.3 is 0 Å². The van der Waals surface area contributed by atoms with Gasteiger partial charge in [0, 0.05) is 21.8 Å². The van der Waals surface area contributed by atoms with Gasteiger partial charge in [-0.2, -0.15) is 0 Å². The summed E-state index contributed by atoms with van der Waals surface area (Å²) < 4.78 is 5.49. The van der Waals surface area contributed by atoms with Gasteiger partial charge in [-0.3, -0.25) is 0 Å². The summed E-state index contributed by atoms with van der Waals surface area (Å²) >= 11 is 5.86. The molecule has 3 nitrogen and oxygen atoms in total. The molecule has 0 spiro atoms. The molecule has 2 N–H and O–H groups in total. The van der Waals surface area contributed by atoms with E-state index in [1.807, 2.05) is 48.5 Å². The number of nitrogens with zero attached hydrogens (tertiary/aromatic N) is 1. The first-order chi connectivity index (χ1) is 9.22. The Bertz CT molecular complexity index is 627. The second kappa shape index (κ2) is 4.78. The maximum Gasteiger partial charge on any atom is 0.226 e. The maximum absolute atomic E-state index is 5.86. The van der Waals surface area contributed by atoms with Gasteiger partial charge in [-0.1, -0.05) is 23.7 Å². The molecule has 2 aromatic carbocycles. The molecule has 3 rings (SSSR count). The quantitative estimate of drug-likeness (QED) is 0.709. The van der Waals surface area contributed by atoms with Gasteiger partial charge in [-0.25, -0.2) is 4.98 Å². The number of hydrogen-bond acceptors (Lipinski definition) is 3. The summed E-state index contributed by atoms with van der Waals surface area (Å²) in [5.74, 6) is 0.574. The van der Waals surface area contributed by atoms with Crippen molar-refractivity contribution in [2.75, 3.05) is 5.73 Å². The molecule has 0 saturated heterocycles. The van der Waals surface area contributed by atoms with Crippen LogP contribution in [0.2, 0.25) is 5.02 Å². The van der Waals surface area contributed by atoms with E-state index in [4.69, 9.17) is 21.8 Å². The summed E-state index contributed by atoms with van der Waals surface area (Å²) in [6, 6.07) is 14.9. The van der Waals surface area contributed by atoms with Crippen LogP contribution in [0.3, 0.4) is 0 Å². The van der Waals surface area contributed by atoms with Crippen molar-refractivity contribution in [3.63, 3.8) is 0 Å². The van der Waals surface area contributed by atoms with Gasteiger partial charge in [0.05, 0.1) is 0 Å². The summed E-state index contributed by atoms with van der Waals surface area (Å²) in [5.41, 5.74) is 9.01. The number of halogens is 1. The standard InChI is InChI=1S/C15H11ClN2O/c16-12-5-1-10(2-6-12)14-9-19-15(18-14)11-3-7-13(17)8-4-11/h1-9H,17H2. The molecule has 94 valence electrons. The smallest absolute Gasteiger partial charge is 0.226 e. The lowest BCUT2D eigenvalue weighted by Gasteiger charge is -1.96. The SMILES string of the molecule is Nc1ccc(-c2nc(-c3ccc(Cl)cc3)co2)cc1. The van der Waals surface area contributed by atoms with Crippen molar-refractivity contribution in [2.24, 2.45) is 0 Å². The third-order valence-corrected chi connectivity index (χ3v) is 3.05. The van der Waals surface area contributed by atoms with Crippen LogP contribution in [-0.4, -0.2) is 4.98 Å². The minimum absolute atomic E-state index is 0.574. The number of rotatable bonds is 2. The summed E-state index contributed by atoms with van der Waals surface area (Å²) in [6.07, 6.45) is 1.63. The molecule has 3 aromatic rings. The lowest BCUT2D eigenvalue weighted by Crippen LogP contribution is -1.84. The highest BCUT2D eigenvalue weighted by Gasteiger charge is 2.08. The summed E-state index contributed by atoms with van der Waals surface area (Å²) in [4.78, 5) is 4.46. The highest BCUT2D eigenvalue weighted by Crippen LogP contribution is 2.25. The van der Waals surface area contributed by atoms with Crippen LogP contribution < -0.4 is 5.73 Å². The van der Waals surface area contributed by atoms with Crippen LogP contribution in [-0.2, 0) is 0 Å². The Morgan fingerprint density at radius 1 is 0.895 bits per heavy atom. The Kier molecular flexibility index (Phi) is 2.97. The zero-order chi connectivity index (χ0) is 13.2. The zero-order valence-electron chi connectivity index (χ0n) is 10.0. The predicted octanol–water partition coefficient (Wildman–Crippen LogP) is 4.24. The Morgan fingerprint density at radius 3 is 2.21 bits per heavy atom. The fourth-order valence-corrected chi connectivity index (χ4v) is 1.91. The van der Waals surface area contributed by atoms with Gasteiger partial charge in [-0.15, -0.1) is 0 Å². The number of benzene rings is 2. The Labute approximate surface area is 115 Å². The molecule has 0 bridgehead atoms. The number of nitrogen functional groups attached to an aromatic ring is 1. The first kappa shape index (κ1) is 11.8. The maximum atomic E-state index is 5.86. The van der Waals surface area contributed by atoms with E-state index in [-0.39, 0.29) is 0 Å². The van der Waals surface area contributed by atoms with Crippen LogP contribution >= 0.6 is 11.6 Å². The van der Waals surface area contributed by atoms with Crippen molar-refractivity contribution in [1.82, 2.24) is 4.98 Å². The molecule has 0 saturated carbocycles. The topological polar surface area (TPSA) is 52.0 Å². The van der Waals surface area contributed by atoms with E-state index in [0.717, 1.165) is 16.8 Å². The molecule has 0 fully saturated rings. The van der Waals surface area contributed by atoms with Crippen molar-refractivity contribution in [3.05, 3.63) is 59.8 Å². The zero-order valence-corrected chi connectivity index (χ0v) is 10.8. The number of aromatic nitrogens is 1. The van der Waals surface area contributed by atoms with Gasteiger partial charge in [0.2, 0.25) is 5.89 Å². The molecule has 0 aliphatic heterocycles. The largest absolute Gasteiger partial charge is 0.444 e. The minimum atomic E-state index is 0.574. The van der Waals surface area contributed by atoms with E-state index >= 15 is 0 Å². The van der Waals surface area contributed by atoms with E-state index < -0.39 is 0 Å². The van der Waals surface area contributed by atoms with Crippen LogP contribution in [0.15, 0.2) is 59.2 Å². The van der Waals surface area contributed by atoms with Gasteiger partial charge in [-0.05, 0) is 36.4 Å². The first-order valence-electron chi connectivity index (χ1n) is 5.80. The lowest BCUT2D eigenvalue weighted by molar-refractivity contribution is 0.575. The molecule has 0 amide bonds. The van der Waals surface area contributed by atoms with E-state index in [0.29, 0.717) is 16.6 Å². The molecule has 1 aromatic heterocycles.